The molecular formula is C17H22N2OS. The van der Waals surface area contributed by atoms with E-state index in [1.165, 1.54) is 9.75 Å². The summed E-state index contributed by atoms with van der Waals surface area (Å²) >= 11 is 1.74. The van der Waals surface area contributed by atoms with Crippen molar-refractivity contribution in [3.63, 3.8) is 0 Å². The molecule has 2 aromatic rings. The largest absolute Gasteiger partial charge is 0.399 e. The fraction of sp³-hybridized carbons (Fsp3) is 0.353. The van der Waals surface area contributed by atoms with Gasteiger partial charge in [0.15, 0.2) is 0 Å². The van der Waals surface area contributed by atoms with E-state index in [4.69, 9.17) is 5.73 Å². The van der Waals surface area contributed by atoms with Gasteiger partial charge in [-0.25, -0.2) is 0 Å². The van der Waals surface area contributed by atoms with Gasteiger partial charge in [0.05, 0.1) is 6.04 Å². The second-order valence-electron chi connectivity index (χ2n) is 5.33. The first-order chi connectivity index (χ1) is 9.99. The Labute approximate surface area is 130 Å². The third-order valence-electron chi connectivity index (χ3n) is 3.81. The summed E-state index contributed by atoms with van der Waals surface area (Å²) in [5.41, 5.74) is 7.71. The van der Waals surface area contributed by atoms with E-state index in [9.17, 15) is 4.79 Å². The quantitative estimate of drug-likeness (QED) is 0.854. The number of carbonyl (C=O) groups excluding carboxylic acids is 1. The minimum Gasteiger partial charge on any atom is -0.399 e. The topological polar surface area (TPSA) is 46.3 Å². The van der Waals surface area contributed by atoms with E-state index in [2.05, 4.69) is 26.0 Å². The Morgan fingerprint density at radius 1 is 1.29 bits per heavy atom. The zero-order valence-corrected chi connectivity index (χ0v) is 13.6. The van der Waals surface area contributed by atoms with Crippen LogP contribution in [-0.2, 0) is 11.2 Å². The molecule has 1 aromatic heterocycles. The Morgan fingerprint density at radius 3 is 2.62 bits per heavy atom. The lowest BCUT2D eigenvalue weighted by atomic mass is 10.1. The van der Waals surface area contributed by atoms with Crippen molar-refractivity contribution >= 4 is 22.9 Å². The van der Waals surface area contributed by atoms with Crippen molar-refractivity contribution in [2.75, 3.05) is 12.8 Å². The van der Waals surface area contributed by atoms with E-state index in [-0.39, 0.29) is 11.9 Å². The molecule has 0 radical (unpaired) electrons. The standard InChI is InChI=1S/C17H22N2OS/c1-12-8-10-16(21-12)13(2)19(3)17(20)11-9-14-6-4-5-7-15(14)18/h4-8,10,13H,9,11,18H2,1-3H3. The van der Waals surface area contributed by atoms with Crippen LogP contribution in [0.3, 0.4) is 0 Å². The van der Waals surface area contributed by atoms with Gasteiger partial charge < -0.3 is 10.6 Å². The molecule has 3 nitrogen and oxygen atoms in total. The Morgan fingerprint density at radius 2 is 2.00 bits per heavy atom. The molecule has 0 bridgehead atoms. The van der Waals surface area contributed by atoms with Crippen molar-refractivity contribution in [2.45, 2.75) is 32.7 Å². The fourth-order valence-corrected chi connectivity index (χ4v) is 3.24. The van der Waals surface area contributed by atoms with Gasteiger partial charge in [-0.05, 0) is 44.0 Å². The number of rotatable bonds is 5. The summed E-state index contributed by atoms with van der Waals surface area (Å²) in [5, 5.41) is 0. The van der Waals surface area contributed by atoms with Crippen molar-refractivity contribution < 1.29 is 4.79 Å². The van der Waals surface area contributed by atoms with Crippen molar-refractivity contribution in [3.8, 4) is 0 Å². The molecule has 0 aliphatic carbocycles. The van der Waals surface area contributed by atoms with Crippen LogP contribution in [0.25, 0.3) is 0 Å². The van der Waals surface area contributed by atoms with Gasteiger partial charge in [-0.2, -0.15) is 0 Å². The Kier molecular flexibility index (Phi) is 5.02. The van der Waals surface area contributed by atoms with Gasteiger partial charge in [0.1, 0.15) is 0 Å². The number of anilines is 1. The number of benzene rings is 1. The zero-order chi connectivity index (χ0) is 15.4. The lowest BCUT2D eigenvalue weighted by Crippen LogP contribution is -2.29. The molecule has 0 fully saturated rings. The van der Waals surface area contributed by atoms with Crippen LogP contribution >= 0.6 is 11.3 Å². The summed E-state index contributed by atoms with van der Waals surface area (Å²) in [6.45, 7) is 4.15. The normalized spacial score (nSPS) is 12.1. The number of nitrogens with zero attached hydrogens (tertiary/aromatic N) is 1. The Hall–Kier alpha value is -1.81. The van der Waals surface area contributed by atoms with E-state index >= 15 is 0 Å². The van der Waals surface area contributed by atoms with Gasteiger partial charge >= 0.3 is 0 Å². The second-order valence-corrected chi connectivity index (χ2v) is 6.65. The highest BCUT2D eigenvalue weighted by atomic mass is 32.1. The maximum atomic E-state index is 12.3. The molecule has 0 aliphatic rings. The minimum absolute atomic E-state index is 0.115. The van der Waals surface area contributed by atoms with Gasteiger partial charge in [0, 0.05) is 28.9 Å². The second kappa shape index (κ2) is 6.76. The first kappa shape index (κ1) is 15.6. The predicted octanol–water partition coefficient (Wildman–Crippen LogP) is 3.79. The summed E-state index contributed by atoms with van der Waals surface area (Å²) in [6, 6.07) is 12.0. The molecule has 1 amide bonds. The third-order valence-corrected chi connectivity index (χ3v) is 4.98. The van der Waals surface area contributed by atoms with Crippen molar-refractivity contribution in [1.29, 1.82) is 0 Å². The zero-order valence-electron chi connectivity index (χ0n) is 12.8. The number of hydrogen-bond donors (Lipinski definition) is 1. The number of hydrogen-bond acceptors (Lipinski definition) is 3. The molecule has 0 aliphatic heterocycles. The average Bonchev–Trinajstić information content (AvgIpc) is 2.91. The van der Waals surface area contributed by atoms with Gasteiger partial charge in [-0.15, -0.1) is 11.3 Å². The average molecular weight is 302 g/mol. The van der Waals surface area contributed by atoms with E-state index < -0.39 is 0 Å². The highest BCUT2D eigenvalue weighted by Gasteiger charge is 2.18. The van der Waals surface area contributed by atoms with Crippen LogP contribution in [0.4, 0.5) is 5.69 Å². The first-order valence-corrected chi connectivity index (χ1v) is 7.96. The maximum absolute atomic E-state index is 12.3. The van der Waals surface area contributed by atoms with Crippen molar-refractivity contribution in [2.24, 2.45) is 0 Å². The van der Waals surface area contributed by atoms with Crippen LogP contribution < -0.4 is 5.73 Å². The first-order valence-electron chi connectivity index (χ1n) is 7.14. The smallest absolute Gasteiger partial charge is 0.223 e. The molecule has 112 valence electrons. The van der Waals surface area contributed by atoms with E-state index in [1.54, 1.807) is 11.3 Å². The van der Waals surface area contributed by atoms with Crippen LogP contribution in [0.15, 0.2) is 36.4 Å². The van der Waals surface area contributed by atoms with Crippen LogP contribution in [0.5, 0.6) is 0 Å². The summed E-state index contributed by atoms with van der Waals surface area (Å²) < 4.78 is 0. The summed E-state index contributed by atoms with van der Waals surface area (Å²) in [7, 11) is 1.87. The molecule has 0 saturated carbocycles. The van der Waals surface area contributed by atoms with Gasteiger partial charge in [0.2, 0.25) is 5.91 Å². The summed E-state index contributed by atoms with van der Waals surface area (Å²) in [5.74, 6) is 0.150. The molecule has 1 heterocycles. The number of aryl methyl sites for hydroxylation is 2. The number of carbonyl (C=O) groups is 1. The molecule has 1 atom stereocenters. The Balaban J connectivity index is 1.95. The Bertz CT molecular complexity index is 621. The van der Waals surface area contributed by atoms with E-state index in [1.807, 2.05) is 36.2 Å². The molecule has 2 rings (SSSR count). The predicted molar refractivity (Wildman–Crippen MR) is 89.4 cm³/mol. The van der Waals surface area contributed by atoms with Crippen LogP contribution in [0, 0.1) is 6.92 Å². The molecule has 4 heteroatoms. The van der Waals surface area contributed by atoms with Crippen LogP contribution in [-0.4, -0.2) is 17.9 Å². The molecule has 0 saturated heterocycles. The lowest BCUT2D eigenvalue weighted by molar-refractivity contribution is -0.131. The monoisotopic (exact) mass is 302 g/mol. The molecule has 1 aromatic carbocycles. The number of amides is 1. The van der Waals surface area contributed by atoms with Crippen LogP contribution in [0.2, 0.25) is 0 Å². The van der Waals surface area contributed by atoms with Gasteiger partial charge in [-0.3, -0.25) is 4.79 Å². The number of thiophene rings is 1. The fourth-order valence-electron chi connectivity index (χ4n) is 2.26. The molecule has 1 unspecified atom stereocenters. The number of nitrogens with two attached hydrogens (primary N) is 1. The number of nitrogen functional groups attached to an aromatic ring is 1. The SMILES string of the molecule is Cc1ccc(C(C)N(C)C(=O)CCc2ccccc2N)s1. The minimum atomic E-state index is 0.115. The molecular weight excluding hydrogens is 280 g/mol. The third kappa shape index (κ3) is 3.85. The van der Waals surface area contributed by atoms with Gasteiger partial charge in [0.25, 0.3) is 0 Å². The molecule has 21 heavy (non-hydrogen) atoms. The summed E-state index contributed by atoms with van der Waals surface area (Å²) in [4.78, 5) is 16.7. The highest BCUT2D eigenvalue weighted by Crippen LogP contribution is 2.27. The van der Waals surface area contributed by atoms with Crippen LogP contribution in [0.1, 0.15) is 34.7 Å². The lowest BCUT2D eigenvalue weighted by Gasteiger charge is -2.24. The van der Waals surface area contributed by atoms with Crippen molar-refractivity contribution in [1.82, 2.24) is 4.90 Å². The van der Waals surface area contributed by atoms with E-state index in [0.717, 1.165) is 11.3 Å². The summed E-state index contributed by atoms with van der Waals surface area (Å²) in [6.07, 6.45) is 1.17. The maximum Gasteiger partial charge on any atom is 0.223 e. The molecule has 0 spiro atoms. The number of para-hydroxylation sites is 1. The highest BCUT2D eigenvalue weighted by molar-refractivity contribution is 7.12. The van der Waals surface area contributed by atoms with Crippen molar-refractivity contribution in [3.05, 3.63) is 51.7 Å². The van der Waals surface area contributed by atoms with E-state index in [0.29, 0.717) is 12.8 Å². The molecule has 2 N–H and O–H groups in total. The van der Waals surface area contributed by atoms with Gasteiger partial charge in [-0.1, -0.05) is 18.2 Å².